The standard InChI is InChI=1S/C17H22N2O3/c1-11(20)19-16(12-5-7-13(21-4)8-6-12)14-10-22-17(2,3)9-15(14)18-19/h5-9,14,16,18H,10H2,1-4H3. The first-order valence-corrected chi connectivity index (χ1v) is 7.48. The molecule has 5 heteroatoms. The number of hydrogen-bond donors (Lipinski definition) is 1. The van der Waals surface area contributed by atoms with Gasteiger partial charge in [-0.05, 0) is 37.6 Å². The van der Waals surface area contributed by atoms with Gasteiger partial charge in [0.1, 0.15) is 5.75 Å². The van der Waals surface area contributed by atoms with Crippen molar-refractivity contribution >= 4 is 5.91 Å². The molecule has 1 N–H and O–H groups in total. The van der Waals surface area contributed by atoms with Gasteiger partial charge in [-0.15, -0.1) is 0 Å². The summed E-state index contributed by atoms with van der Waals surface area (Å²) in [5.74, 6) is 0.931. The van der Waals surface area contributed by atoms with E-state index in [0.29, 0.717) is 6.61 Å². The molecule has 2 heterocycles. The third kappa shape index (κ3) is 2.57. The minimum atomic E-state index is -0.309. The van der Waals surface area contributed by atoms with Gasteiger partial charge in [-0.2, -0.15) is 0 Å². The lowest BCUT2D eigenvalue weighted by Crippen LogP contribution is -2.36. The van der Waals surface area contributed by atoms with Gasteiger partial charge in [-0.1, -0.05) is 12.1 Å². The normalized spacial score (nSPS) is 26.0. The van der Waals surface area contributed by atoms with Gasteiger partial charge in [0.25, 0.3) is 0 Å². The van der Waals surface area contributed by atoms with Crippen molar-refractivity contribution in [2.75, 3.05) is 13.7 Å². The molecule has 118 valence electrons. The van der Waals surface area contributed by atoms with Crippen molar-refractivity contribution < 1.29 is 14.3 Å². The Morgan fingerprint density at radius 1 is 1.36 bits per heavy atom. The summed E-state index contributed by atoms with van der Waals surface area (Å²) >= 11 is 0. The highest BCUT2D eigenvalue weighted by atomic mass is 16.5. The van der Waals surface area contributed by atoms with Crippen LogP contribution in [0.3, 0.4) is 0 Å². The number of hydrogen-bond acceptors (Lipinski definition) is 4. The van der Waals surface area contributed by atoms with Crippen LogP contribution in [-0.4, -0.2) is 30.2 Å². The first-order valence-electron chi connectivity index (χ1n) is 7.48. The van der Waals surface area contributed by atoms with Crippen LogP contribution in [0, 0.1) is 5.92 Å². The highest BCUT2D eigenvalue weighted by Gasteiger charge is 2.44. The quantitative estimate of drug-likeness (QED) is 0.911. The van der Waals surface area contributed by atoms with Gasteiger partial charge in [-0.3, -0.25) is 10.2 Å². The SMILES string of the molecule is COc1ccc(C2C3COC(C)(C)C=C3NN2C(C)=O)cc1. The van der Waals surface area contributed by atoms with Gasteiger partial charge < -0.3 is 9.47 Å². The van der Waals surface area contributed by atoms with Gasteiger partial charge in [-0.25, -0.2) is 5.01 Å². The van der Waals surface area contributed by atoms with E-state index in [-0.39, 0.29) is 23.5 Å². The molecule has 1 saturated heterocycles. The first kappa shape index (κ1) is 14.9. The second-order valence-electron chi connectivity index (χ2n) is 6.34. The average molecular weight is 302 g/mol. The van der Waals surface area contributed by atoms with Crippen molar-refractivity contribution in [3.05, 3.63) is 41.6 Å². The lowest BCUT2D eigenvalue weighted by atomic mass is 9.88. The zero-order chi connectivity index (χ0) is 15.9. The van der Waals surface area contributed by atoms with E-state index in [1.165, 1.54) is 0 Å². The van der Waals surface area contributed by atoms with Crippen molar-refractivity contribution in [3.8, 4) is 5.75 Å². The summed E-state index contributed by atoms with van der Waals surface area (Å²) in [6.07, 6.45) is 2.07. The molecule has 2 unspecified atom stereocenters. The minimum absolute atomic E-state index is 0.00563. The van der Waals surface area contributed by atoms with Crippen LogP contribution in [0.5, 0.6) is 5.75 Å². The summed E-state index contributed by atoms with van der Waals surface area (Å²) in [4.78, 5) is 12.0. The molecule has 1 aromatic carbocycles. The molecular weight excluding hydrogens is 280 g/mol. The number of ether oxygens (including phenoxy) is 2. The fourth-order valence-electron chi connectivity index (χ4n) is 3.14. The minimum Gasteiger partial charge on any atom is -0.497 e. The molecule has 0 bridgehead atoms. The molecule has 2 aliphatic heterocycles. The molecule has 0 radical (unpaired) electrons. The summed E-state index contributed by atoms with van der Waals surface area (Å²) in [6, 6.07) is 7.78. The molecule has 1 amide bonds. The molecule has 0 aromatic heterocycles. The van der Waals surface area contributed by atoms with E-state index in [4.69, 9.17) is 9.47 Å². The number of amides is 1. The van der Waals surface area contributed by atoms with E-state index < -0.39 is 0 Å². The summed E-state index contributed by atoms with van der Waals surface area (Å²) in [6.45, 7) is 6.22. The number of nitrogens with zero attached hydrogens (tertiary/aromatic N) is 1. The first-order chi connectivity index (χ1) is 10.4. The molecule has 0 aliphatic carbocycles. The highest BCUT2D eigenvalue weighted by molar-refractivity contribution is 5.74. The number of carbonyl (C=O) groups is 1. The Bertz CT molecular complexity index is 607. The highest BCUT2D eigenvalue weighted by Crippen LogP contribution is 2.42. The van der Waals surface area contributed by atoms with Crippen LogP contribution in [0.1, 0.15) is 32.4 Å². The number of fused-ring (bicyclic) bond motifs is 1. The Labute approximate surface area is 130 Å². The van der Waals surface area contributed by atoms with E-state index in [0.717, 1.165) is 17.0 Å². The maximum atomic E-state index is 12.0. The molecule has 1 fully saturated rings. The number of nitrogens with one attached hydrogen (secondary N) is 1. The predicted molar refractivity (Wildman–Crippen MR) is 83.0 cm³/mol. The summed E-state index contributed by atoms with van der Waals surface area (Å²) in [5, 5.41) is 1.70. The van der Waals surface area contributed by atoms with Gasteiger partial charge >= 0.3 is 0 Å². The van der Waals surface area contributed by atoms with Crippen LogP contribution in [-0.2, 0) is 9.53 Å². The monoisotopic (exact) mass is 302 g/mol. The molecular formula is C17H22N2O3. The van der Waals surface area contributed by atoms with Crippen LogP contribution in [0.15, 0.2) is 36.0 Å². The number of rotatable bonds is 2. The van der Waals surface area contributed by atoms with Crippen LogP contribution in [0.25, 0.3) is 0 Å². The zero-order valence-corrected chi connectivity index (χ0v) is 13.4. The van der Waals surface area contributed by atoms with E-state index in [1.54, 1.807) is 19.0 Å². The molecule has 5 nitrogen and oxygen atoms in total. The Morgan fingerprint density at radius 2 is 2.05 bits per heavy atom. The number of methoxy groups -OCH3 is 1. The van der Waals surface area contributed by atoms with Crippen molar-refractivity contribution in [1.29, 1.82) is 0 Å². The van der Waals surface area contributed by atoms with Crippen molar-refractivity contribution in [2.24, 2.45) is 5.92 Å². The predicted octanol–water partition coefficient (Wildman–Crippen LogP) is 2.41. The fraction of sp³-hybridized carbons (Fsp3) is 0.471. The van der Waals surface area contributed by atoms with Crippen molar-refractivity contribution in [2.45, 2.75) is 32.4 Å². The molecule has 0 spiro atoms. The average Bonchev–Trinajstić information content (AvgIpc) is 2.84. The third-order valence-electron chi connectivity index (χ3n) is 4.24. The van der Waals surface area contributed by atoms with Gasteiger partial charge in [0.15, 0.2) is 0 Å². The Kier molecular flexibility index (Phi) is 3.60. The van der Waals surface area contributed by atoms with Crippen LogP contribution in [0.2, 0.25) is 0 Å². The largest absolute Gasteiger partial charge is 0.497 e. The Balaban J connectivity index is 1.98. The van der Waals surface area contributed by atoms with Gasteiger partial charge in [0, 0.05) is 12.6 Å². The molecule has 22 heavy (non-hydrogen) atoms. The second kappa shape index (κ2) is 5.32. The zero-order valence-electron chi connectivity index (χ0n) is 13.4. The third-order valence-corrected chi connectivity index (χ3v) is 4.24. The van der Waals surface area contributed by atoms with Crippen LogP contribution in [0.4, 0.5) is 0 Å². The van der Waals surface area contributed by atoms with E-state index >= 15 is 0 Å². The number of hydrazine groups is 1. The maximum Gasteiger partial charge on any atom is 0.238 e. The Hall–Kier alpha value is -2.01. The van der Waals surface area contributed by atoms with E-state index in [2.05, 4.69) is 11.5 Å². The van der Waals surface area contributed by atoms with Crippen molar-refractivity contribution in [3.63, 3.8) is 0 Å². The van der Waals surface area contributed by atoms with Crippen LogP contribution >= 0.6 is 0 Å². The number of benzene rings is 1. The topological polar surface area (TPSA) is 50.8 Å². The number of carbonyl (C=O) groups excluding carboxylic acids is 1. The molecule has 3 rings (SSSR count). The van der Waals surface area contributed by atoms with Crippen molar-refractivity contribution in [1.82, 2.24) is 10.4 Å². The summed E-state index contributed by atoms with van der Waals surface area (Å²) in [7, 11) is 1.64. The second-order valence-corrected chi connectivity index (χ2v) is 6.34. The smallest absolute Gasteiger partial charge is 0.238 e. The maximum absolute atomic E-state index is 12.0. The lowest BCUT2D eigenvalue weighted by Gasteiger charge is -2.31. The lowest BCUT2D eigenvalue weighted by molar-refractivity contribution is -0.133. The molecule has 1 aromatic rings. The van der Waals surface area contributed by atoms with Crippen LogP contribution < -0.4 is 10.2 Å². The van der Waals surface area contributed by atoms with E-state index in [1.807, 2.05) is 38.1 Å². The molecule has 2 aliphatic rings. The summed E-state index contributed by atoms with van der Waals surface area (Å²) in [5.41, 5.74) is 5.08. The summed E-state index contributed by atoms with van der Waals surface area (Å²) < 4.78 is 11.1. The van der Waals surface area contributed by atoms with Gasteiger partial charge in [0.05, 0.1) is 31.3 Å². The van der Waals surface area contributed by atoms with Gasteiger partial charge in [0.2, 0.25) is 5.91 Å². The molecule has 2 atom stereocenters. The Morgan fingerprint density at radius 3 is 2.64 bits per heavy atom. The molecule has 0 saturated carbocycles. The van der Waals surface area contributed by atoms with E-state index in [9.17, 15) is 4.79 Å². The fourth-order valence-corrected chi connectivity index (χ4v) is 3.14.